The molecule has 6 nitrogen and oxygen atoms in total. The Bertz CT molecular complexity index is 635. The Labute approximate surface area is 141 Å². The Morgan fingerprint density at radius 1 is 1.27 bits per heavy atom. The van der Waals surface area contributed by atoms with Crippen LogP contribution < -0.4 is 9.62 Å². The second-order valence-electron chi connectivity index (χ2n) is 5.02. The van der Waals surface area contributed by atoms with E-state index in [0.29, 0.717) is 18.1 Å². The third-order valence-electron chi connectivity index (χ3n) is 2.75. The van der Waals surface area contributed by atoms with E-state index in [1.54, 1.807) is 6.07 Å². The van der Waals surface area contributed by atoms with Crippen molar-refractivity contribution in [2.45, 2.75) is 0 Å². The average molecular weight is 368 g/mol. The minimum absolute atomic E-state index is 0.180. The first-order valence-corrected chi connectivity index (χ1v) is 9.06. The van der Waals surface area contributed by atoms with Gasteiger partial charge >= 0.3 is 0 Å². The highest BCUT2D eigenvalue weighted by Gasteiger charge is 2.23. The number of likely N-dealkylation sites (N-methyl/N-ethyl adjacent to an activating group) is 1. The van der Waals surface area contributed by atoms with E-state index in [2.05, 4.69) is 5.32 Å². The summed E-state index contributed by atoms with van der Waals surface area (Å²) in [5.74, 6) is -0.414. The van der Waals surface area contributed by atoms with Crippen LogP contribution in [0, 0.1) is 0 Å². The van der Waals surface area contributed by atoms with E-state index in [1.165, 1.54) is 12.1 Å². The van der Waals surface area contributed by atoms with Crippen molar-refractivity contribution in [1.29, 1.82) is 0 Å². The first-order valence-electron chi connectivity index (χ1n) is 6.45. The zero-order chi connectivity index (χ0) is 16.9. The zero-order valence-corrected chi connectivity index (χ0v) is 15.0. The van der Waals surface area contributed by atoms with Gasteiger partial charge in [0.05, 0.1) is 17.0 Å². The summed E-state index contributed by atoms with van der Waals surface area (Å²) in [7, 11) is 0.0767. The number of hydrogen-bond donors (Lipinski definition) is 1. The van der Waals surface area contributed by atoms with Gasteiger partial charge in [-0.3, -0.25) is 9.10 Å². The fourth-order valence-corrected chi connectivity index (χ4v) is 2.96. The van der Waals surface area contributed by atoms with Gasteiger partial charge in [-0.05, 0) is 32.3 Å². The Kier molecular flexibility index (Phi) is 6.93. The van der Waals surface area contributed by atoms with E-state index in [4.69, 9.17) is 23.2 Å². The average Bonchev–Trinajstić information content (AvgIpc) is 2.37. The largest absolute Gasteiger partial charge is 0.353 e. The van der Waals surface area contributed by atoms with Crippen LogP contribution >= 0.6 is 23.2 Å². The molecule has 0 bridgehead atoms. The lowest BCUT2D eigenvalue weighted by Gasteiger charge is -2.23. The normalized spacial score (nSPS) is 11.5. The zero-order valence-electron chi connectivity index (χ0n) is 12.6. The molecule has 1 amide bonds. The molecule has 0 atom stereocenters. The summed E-state index contributed by atoms with van der Waals surface area (Å²) in [4.78, 5) is 13.8. The molecule has 0 aliphatic carbocycles. The molecule has 22 heavy (non-hydrogen) atoms. The molecule has 0 aliphatic heterocycles. The standard InChI is InChI=1S/C13H19Cl2N3O3S/c1-17(2)7-6-16-13(19)9-18(22(3,20)21)12-8-10(14)4-5-11(12)15/h4-5,8H,6-7,9H2,1-3H3,(H,16,19). The van der Waals surface area contributed by atoms with E-state index >= 15 is 0 Å². The fraction of sp³-hybridized carbons (Fsp3) is 0.462. The van der Waals surface area contributed by atoms with Crippen molar-refractivity contribution in [2.75, 3.05) is 44.3 Å². The number of hydrogen-bond acceptors (Lipinski definition) is 4. The van der Waals surface area contributed by atoms with Crippen LogP contribution in [0.25, 0.3) is 0 Å². The van der Waals surface area contributed by atoms with Crippen LogP contribution in [0.1, 0.15) is 0 Å². The molecule has 0 unspecified atom stereocenters. The van der Waals surface area contributed by atoms with Crippen LogP contribution in [0.2, 0.25) is 10.0 Å². The second-order valence-corrected chi connectivity index (χ2v) is 7.77. The van der Waals surface area contributed by atoms with Gasteiger partial charge < -0.3 is 10.2 Å². The number of rotatable bonds is 7. The van der Waals surface area contributed by atoms with Gasteiger partial charge in [-0.25, -0.2) is 8.42 Å². The summed E-state index contributed by atoms with van der Waals surface area (Å²) in [5, 5.41) is 3.20. The molecule has 124 valence electrons. The van der Waals surface area contributed by atoms with Crippen molar-refractivity contribution in [1.82, 2.24) is 10.2 Å². The smallest absolute Gasteiger partial charge is 0.240 e. The molecule has 0 saturated carbocycles. The van der Waals surface area contributed by atoms with E-state index in [1.807, 2.05) is 19.0 Å². The number of anilines is 1. The van der Waals surface area contributed by atoms with Gasteiger partial charge in [-0.1, -0.05) is 23.2 Å². The topological polar surface area (TPSA) is 69.7 Å². The van der Waals surface area contributed by atoms with Crippen molar-refractivity contribution >= 4 is 44.8 Å². The SMILES string of the molecule is CN(C)CCNC(=O)CN(c1cc(Cl)ccc1Cl)S(C)(=O)=O. The molecular formula is C13H19Cl2N3O3S. The lowest BCUT2D eigenvalue weighted by Crippen LogP contribution is -2.42. The van der Waals surface area contributed by atoms with Gasteiger partial charge in [-0.2, -0.15) is 0 Å². The molecule has 1 rings (SSSR count). The quantitative estimate of drug-likeness (QED) is 0.791. The molecule has 0 fully saturated rings. The molecule has 0 saturated heterocycles. The van der Waals surface area contributed by atoms with Crippen LogP contribution in [0.4, 0.5) is 5.69 Å². The minimum Gasteiger partial charge on any atom is -0.353 e. The summed E-state index contributed by atoms with van der Waals surface area (Å²) in [6.07, 6.45) is 1.01. The molecule has 0 aliphatic rings. The van der Waals surface area contributed by atoms with Crippen LogP contribution in [0.5, 0.6) is 0 Å². The highest BCUT2D eigenvalue weighted by molar-refractivity contribution is 7.92. The Balaban J connectivity index is 2.92. The van der Waals surface area contributed by atoms with Gasteiger partial charge in [0.25, 0.3) is 0 Å². The highest BCUT2D eigenvalue weighted by atomic mass is 35.5. The van der Waals surface area contributed by atoms with E-state index in [0.717, 1.165) is 10.6 Å². The number of benzene rings is 1. The molecular weight excluding hydrogens is 349 g/mol. The lowest BCUT2D eigenvalue weighted by molar-refractivity contribution is -0.119. The first-order chi connectivity index (χ1) is 10.1. The number of carbonyl (C=O) groups excluding carboxylic acids is 1. The van der Waals surface area contributed by atoms with Gasteiger partial charge in [0.1, 0.15) is 6.54 Å². The third-order valence-corrected chi connectivity index (χ3v) is 4.43. The molecule has 1 N–H and O–H groups in total. The van der Waals surface area contributed by atoms with Gasteiger partial charge in [0, 0.05) is 18.1 Å². The van der Waals surface area contributed by atoms with E-state index < -0.39 is 15.9 Å². The minimum atomic E-state index is -3.67. The fourth-order valence-electron chi connectivity index (χ4n) is 1.66. The molecule has 1 aromatic rings. The highest BCUT2D eigenvalue weighted by Crippen LogP contribution is 2.30. The summed E-state index contributed by atoms with van der Waals surface area (Å²) >= 11 is 11.9. The first kappa shape index (κ1) is 19.0. The number of carbonyl (C=O) groups is 1. The van der Waals surface area contributed by atoms with Gasteiger partial charge in [-0.15, -0.1) is 0 Å². The molecule has 9 heteroatoms. The second kappa shape index (κ2) is 8.01. The van der Waals surface area contributed by atoms with Crippen molar-refractivity contribution in [3.8, 4) is 0 Å². The number of nitrogens with zero attached hydrogens (tertiary/aromatic N) is 2. The van der Waals surface area contributed by atoms with Crippen molar-refractivity contribution in [3.05, 3.63) is 28.2 Å². The third kappa shape index (κ3) is 6.00. The molecule has 0 spiro atoms. The maximum absolute atomic E-state index is 11.9. The lowest BCUT2D eigenvalue weighted by atomic mass is 10.3. The van der Waals surface area contributed by atoms with E-state index in [-0.39, 0.29) is 17.3 Å². The van der Waals surface area contributed by atoms with E-state index in [9.17, 15) is 13.2 Å². The monoisotopic (exact) mass is 367 g/mol. The summed E-state index contributed by atoms with van der Waals surface area (Å²) in [6.45, 7) is 0.724. The summed E-state index contributed by atoms with van der Waals surface area (Å²) in [6, 6.07) is 4.45. The maximum atomic E-state index is 11.9. The van der Waals surface area contributed by atoms with Crippen LogP contribution in [0.15, 0.2) is 18.2 Å². The predicted molar refractivity (Wildman–Crippen MR) is 90.2 cm³/mol. The Morgan fingerprint density at radius 3 is 2.45 bits per heavy atom. The van der Waals surface area contributed by atoms with Crippen LogP contribution in [-0.4, -0.2) is 59.2 Å². The maximum Gasteiger partial charge on any atom is 0.240 e. The van der Waals surface area contributed by atoms with Gasteiger partial charge in [0.15, 0.2) is 0 Å². The molecule has 0 aromatic heterocycles. The number of halogens is 2. The molecule has 0 radical (unpaired) electrons. The summed E-state index contributed by atoms with van der Waals surface area (Å²) < 4.78 is 24.8. The number of sulfonamides is 1. The number of nitrogens with one attached hydrogen (secondary N) is 1. The predicted octanol–water partition coefficient (Wildman–Crippen LogP) is 1.44. The van der Waals surface area contributed by atoms with Crippen LogP contribution in [0.3, 0.4) is 0 Å². The molecule has 0 heterocycles. The van der Waals surface area contributed by atoms with Crippen molar-refractivity contribution < 1.29 is 13.2 Å². The van der Waals surface area contributed by atoms with Gasteiger partial charge in [0.2, 0.25) is 15.9 Å². The number of amides is 1. The van der Waals surface area contributed by atoms with Crippen LogP contribution in [-0.2, 0) is 14.8 Å². The Morgan fingerprint density at radius 2 is 1.91 bits per heavy atom. The summed E-state index contributed by atoms with van der Waals surface area (Å²) in [5.41, 5.74) is 0.180. The van der Waals surface area contributed by atoms with Crippen molar-refractivity contribution in [2.24, 2.45) is 0 Å². The Hall–Kier alpha value is -1.02. The van der Waals surface area contributed by atoms with Crippen molar-refractivity contribution in [3.63, 3.8) is 0 Å². The molecule has 1 aromatic carbocycles.